The molecule has 10 heteroatoms. The summed E-state index contributed by atoms with van der Waals surface area (Å²) in [4.78, 5) is 19.5. The summed E-state index contributed by atoms with van der Waals surface area (Å²) in [6.07, 6.45) is 4.40. The largest absolute Gasteiger partial charge is 0.478 e. The lowest BCUT2D eigenvalue weighted by atomic mass is 9.96. The van der Waals surface area contributed by atoms with Gasteiger partial charge >= 0.3 is 5.97 Å². The summed E-state index contributed by atoms with van der Waals surface area (Å²) in [5, 5.41) is 12.5. The summed E-state index contributed by atoms with van der Waals surface area (Å²) in [5.41, 5.74) is 9.17. The molecule has 2 heterocycles. The van der Waals surface area contributed by atoms with E-state index in [2.05, 4.69) is 26.1 Å². The van der Waals surface area contributed by atoms with Gasteiger partial charge in [-0.15, -0.1) is 0 Å². The van der Waals surface area contributed by atoms with Crippen molar-refractivity contribution in [1.29, 1.82) is 0 Å². The molecule has 3 aromatic rings. The molecule has 0 spiro atoms. The maximum Gasteiger partial charge on any atom is 0.337 e. The Balaban J connectivity index is 1.55. The van der Waals surface area contributed by atoms with Crippen LogP contribution in [0.15, 0.2) is 48.8 Å². The molecule has 1 unspecified atom stereocenters. The fourth-order valence-electron chi connectivity index (χ4n) is 3.49. The molecule has 1 atom stereocenters. The van der Waals surface area contributed by atoms with Crippen molar-refractivity contribution in [3.8, 4) is 0 Å². The van der Waals surface area contributed by atoms with Crippen molar-refractivity contribution >= 4 is 40.7 Å². The second kappa shape index (κ2) is 8.83. The highest BCUT2D eigenvalue weighted by Crippen LogP contribution is 2.32. The number of nitrogens with zero attached hydrogens (tertiary/aromatic N) is 2. The number of anilines is 1. The molecule has 0 saturated heterocycles. The molecule has 2 aromatic heterocycles. The predicted molar refractivity (Wildman–Crippen MR) is 119 cm³/mol. The van der Waals surface area contributed by atoms with E-state index >= 15 is 0 Å². The van der Waals surface area contributed by atoms with Crippen LogP contribution in [0.1, 0.15) is 38.8 Å². The minimum Gasteiger partial charge on any atom is -0.478 e. The second-order valence-corrected chi connectivity index (χ2v) is 7.71. The highest BCUT2D eigenvalue weighted by molar-refractivity contribution is 7.80. The molecule has 0 saturated carbocycles. The van der Waals surface area contributed by atoms with Gasteiger partial charge in [-0.1, -0.05) is 23.7 Å². The number of aromatic nitrogens is 2. The normalized spacial score (nSPS) is 14.6. The number of carboxylic acids is 1. The maximum absolute atomic E-state index is 14.0. The van der Waals surface area contributed by atoms with E-state index in [-0.39, 0.29) is 27.3 Å². The molecule has 1 aromatic carbocycles. The third kappa shape index (κ3) is 4.57. The first-order valence-electron chi connectivity index (χ1n) is 9.36. The summed E-state index contributed by atoms with van der Waals surface area (Å²) in [5.74, 6) is -1.24. The van der Waals surface area contributed by atoms with Gasteiger partial charge in [0.05, 0.1) is 16.6 Å². The molecule has 0 amide bonds. The Labute approximate surface area is 187 Å². The van der Waals surface area contributed by atoms with Crippen molar-refractivity contribution in [3.63, 3.8) is 0 Å². The van der Waals surface area contributed by atoms with Crippen molar-refractivity contribution in [2.24, 2.45) is 0 Å². The number of thiocarbonyl (C=S) groups is 1. The molecular formula is C21H17ClFN5O2S. The van der Waals surface area contributed by atoms with Gasteiger partial charge in [-0.2, -0.15) is 0 Å². The lowest BCUT2D eigenvalue weighted by Crippen LogP contribution is -2.41. The second-order valence-electron chi connectivity index (χ2n) is 6.90. The van der Waals surface area contributed by atoms with Gasteiger partial charge in [-0.3, -0.25) is 15.8 Å². The first-order chi connectivity index (χ1) is 14.9. The van der Waals surface area contributed by atoms with Crippen LogP contribution in [0.3, 0.4) is 0 Å². The first-order valence-corrected chi connectivity index (χ1v) is 10.1. The molecule has 4 rings (SSSR count). The van der Waals surface area contributed by atoms with E-state index in [1.165, 1.54) is 24.4 Å². The number of aryl methyl sites for hydroxylation is 2. The van der Waals surface area contributed by atoms with E-state index in [0.29, 0.717) is 0 Å². The zero-order valence-corrected chi connectivity index (χ0v) is 17.6. The zero-order chi connectivity index (χ0) is 22.0. The van der Waals surface area contributed by atoms with Gasteiger partial charge in [0.2, 0.25) is 0 Å². The Morgan fingerprint density at radius 2 is 2.03 bits per heavy atom. The van der Waals surface area contributed by atoms with Crippen molar-refractivity contribution in [2.75, 3.05) is 5.43 Å². The standard InChI is InChI=1S/C21H17ClFN5O2S/c22-16-8-12(20(29)30)10-25-19(16)27-28-21(31)26-18-14-2-1-7-24-17(14)6-4-11-3-5-13(23)9-15(11)18/h1-3,5,7-10,18H,4,6H2,(H,25,27)(H,29,30)(H2,26,28,31). The van der Waals surface area contributed by atoms with E-state index in [1.54, 1.807) is 12.3 Å². The Morgan fingerprint density at radius 1 is 1.19 bits per heavy atom. The molecule has 158 valence electrons. The first kappa shape index (κ1) is 21.0. The van der Waals surface area contributed by atoms with Gasteiger partial charge in [0.15, 0.2) is 10.9 Å². The zero-order valence-electron chi connectivity index (χ0n) is 16.0. The van der Waals surface area contributed by atoms with Gasteiger partial charge in [-0.05, 0) is 60.5 Å². The molecule has 4 N–H and O–H groups in total. The Morgan fingerprint density at radius 3 is 2.81 bits per heavy atom. The molecule has 1 aliphatic rings. The van der Waals surface area contributed by atoms with Crippen molar-refractivity contribution in [3.05, 3.63) is 87.6 Å². The average Bonchev–Trinajstić information content (AvgIpc) is 2.90. The third-order valence-electron chi connectivity index (χ3n) is 4.94. The summed E-state index contributed by atoms with van der Waals surface area (Å²) in [6, 6.07) is 9.40. The van der Waals surface area contributed by atoms with E-state index in [1.807, 2.05) is 12.1 Å². The number of carbonyl (C=O) groups is 1. The van der Waals surface area contributed by atoms with E-state index in [0.717, 1.165) is 35.2 Å². The number of halogens is 2. The smallest absolute Gasteiger partial charge is 0.337 e. The lowest BCUT2D eigenvalue weighted by molar-refractivity contribution is 0.0696. The lowest BCUT2D eigenvalue weighted by Gasteiger charge is -2.23. The molecule has 0 fully saturated rings. The van der Waals surface area contributed by atoms with Crippen molar-refractivity contribution in [2.45, 2.75) is 18.9 Å². The van der Waals surface area contributed by atoms with Gasteiger partial charge in [0.1, 0.15) is 5.82 Å². The van der Waals surface area contributed by atoms with Gasteiger partial charge in [0.25, 0.3) is 0 Å². The number of hydrazine groups is 1. The highest BCUT2D eigenvalue weighted by Gasteiger charge is 2.25. The van der Waals surface area contributed by atoms with Crippen LogP contribution in [-0.2, 0) is 12.8 Å². The highest BCUT2D eigenvalue weighted by atomic mass is 35.5. The van der Waals surface area contributed by atoms with Crippen LogP contribution in [0.4, 0.5) is 10.2 Å². The minimum atomic E-state index is -1.13. The number of pyridine rings is 2. The summed E-state index contributed by atoms with van der Waals surface area (Å²) >= 11 is 11.5. The van der Waals surface area contributed by atoms with Gasteiger partial charge in [0, 0.05) is 23.7 Å². The number of hydrogen-bond acceptors (Lipinski definition) is 5. The topological polar surface area (TPSA) is 99.2 Å². The summed E-state index contributed by atoms with van der Waals surface area (Å²) < 4.78 is 14.0. The third-order valence-corrected chi connectivity index (χ3v) is 5.45. The summed E-state index contributed by atoms with van der Waals surface area (Å²) in [6.45, 7) is 0. The average molecular weight is 458 g/mol. The number of fused-ring (bicyclic) bond motifs is 2. The Hall–Kier alpha value is -3.30. The number of nitrogens with one attached hydrogen (secondary N) is 3. The number of aromatic carboxylic acids is 1. The molecular weight excluding hydrogens is 441 g/mol. The van der Waals surface area contributed by atoms with E-state index in [4.69, 9.17) is 28.9 Å². The molecule has 7 nitrogen and oxygen atoms in total. The van der Waals surface area contributed by atoms with Gasteiger partial charge in [-0.25, -0.2) is 14.2 Å². The van der Waals surface area contributed by atoms with Crippen LogP contribution in [-0.4, -0.2) is 26.2 Å². The van der Waals surface area contributed by atoms with Crippen LogP contribution < -0.4 is 16.2 Å². The number of benzene rings is 1. The van der Waals surface area contributed by atoms with Crippen LogP contribution >= 0.6 is 23.8 Å². The van der Waals surface area contributed by atoms with Crippen LogP contribution in [0.5, 0.6) is 0 Å². The van der Waals surface area contributed by atoms with E-state index in [9.17, 15) is 9.18 Å². The number of rotatable bonds is 4. The van der Waals surface area contributed by atoms with Crippen molar-refractivity contribution in [1.82, 2.24) is 20.7 Å². The monoisotopic (exact) mass is 457 g/mol. The fraction of sp³-hybridized carbons (Fsp3) is 0.143. The van der Waals surface area contributed by atoms with Crippen LogP contribution in [0, 0.1) is 5.82 Å². The van der Waals surface area contributed by atoms with Crippen LogP contribution in [0.2, 0.25) is 5.02 Å². The quantitative estimate of drug-likeness (QED) is 0.348. The molecule has 1 aliphatic carbocycles. The molecule has 0 aliphatic heterocycles. The Bertz CT molecular complexity index is 1180. The van der Waals surface area contributed by atoms with Crippen LogP contribution in [0.25, 0.3) is 0 Å². The van der Waals surface area contributed by atoms with E-state index < -0.39 is 12.0 Å². The molecule has 0 bridgehead atoms. The summed E-state index contributed by atoms with van der Waals surface area (Å²) in [7, 11) is 0. The maximum atomic E-state index is 14.0. The SMILES string of the molecule is O=C(O)c1cnc(NNC(=S)NC2c3cc(F)ccc3CCc3ncccc32)c(Cl)c1. The number of hydrogen-bond donors (Lipinski definition) is 4. The minimum absolute atomic E-state index is 0.0301. The fourth-order valence-corrected chi connectivity index (χ4v) is 3.87. The van der Waals surface area contributed by atoms with Gasteiger partial charge < -0.3 is 10.4 Å². The molecule has 31 heavy (non-hydrogen) atoms. The van der Waals surface area contributed by atoms with Crippen molar-refractivity contribution < 1.29 is 14.3 Å². The predicted octanol–water partition coefficient (Wildman–Crippen LogP) is 3.65. The number of carboxylic acid groups (broad SMARTS) is 1. The Kier molecular flexibility index (Phi) is 5.97. The molecule has 0 radical (unpaired) electrons.